The molecule has 3 aromatic heterocycles. The van der Waals surface area contributed by atoms with Crippen molar-refractivity contribution in [2.45, 2.75) is 0 Å². The number of fused-ring (bicyclic) bond motifs is 16. The van der Waals surface area contributed by atoms with Crippen LogP contribution in [0.3, 0.4) is 0 Å². The molecule has 0 saturated heterocycles. The zero-order chi connectivity index (χ0) is 36.5. The molecule has 4 heterocycles. The average Bonchev–Trinajstić information content (AvgIpc) is 3.73. The van der Waals surface area contributed by atoms with E-state index in [0.717, 1.165) is 55.3 Å². The molecule has 9 aromatic carbocycles. The molecule has 56 heavy (non-hydrogen) atoms. The van der Waals surface area contributed by atoms with Gasteiger partial charge in [-0.05, 0) is 57.6 Å². The second-order valence-electron chi connectivity index (χ2n) is 14.9. The van der Waals surface area contributed by atoms with Gasteiger partial charge in [-0.1, -0.05) is 152 Å². The molecule has 4 heteroatoms. The van der Waals surface area contributed by atoms with Crippen LogP contribution in [0.25, 0.3) is 121 Å². The number of aromatic nitrogens is 4. The van der Waals surface area contributed by atoms with E-state index in [1.54, 1.807) is 0 Å². The van der Waals surface area contributed by atoms with Crippen molar-refractivity contribution >= 4 is 76.2 Å². The van der Waals surface area contributed by atoms with E-state index in [9.17, 15) is 0 Å². The maximum atomic E-state index is 5.66. The Kier molecular flexibility index (Phi) is 5.86. The molecule has 13 rings (SSSR count). The predicted molar refractivity (Wildman–Crippen MR) is 233 cm³/mol. The van der Waals surface area contributed by atoms with Gasteiger partial charge in [0.25, 0.3) is 0 Å². The fourth-order valence-electron chi connectivity index (χ4n) is 9.69. The number of hydrogen-bond acceptors (Lipinski definition) is 2. The van der Waals surface area contributed by atoms with Crippen molar-refractivity contribution in [2.75, 3.05) is 0 Å². The highest BCUT2D eigenvalue weighted by Crippen LogP contribution is 2.52. The van der Waals surface area contributed by atoms with Gasteiger partial charge >= 0.3 is 0 Å². The van der Waals surface area contributed by atoms with Gasteiger partial charge in [-0.3, -0.25) is 4.57 Å². The SMILES string of the molecule is c1ccc2c(c1)-c1ccccc1-n1c3ccccc3c3cc4c(c-2c31)c1ccccc1n4-c1nc2ccc3ccccc3c2nc1-c1cccc2ccccc12. The third kappa shape index (κ3) is 3.87. The Balaban J connectivity index is 1.27. The van der Waals surface area contributed by atoms with Crippen molar-refractivity contribution in [3.8, 4) is 45.0 Å². The Labute approximate surface area is 321 Å². The fourth-order valence-corrected chi connectivity index (χ4v) is 9.69. The molecular weight excluding hydrogens is 681 g/mol. The van der Waals surface area contributed by atoms with Crippen LogP contribution < -0.4 is 0 Å². The summed E-state index contributed by atoms with van der Waals surface area (Å²) in [6.45, 7) is 0. The van der Waals surface area contributed by atoms with Crippen molar-refractivity contribution in [1.29, 1.82) is 0 Å². The minimum atomic E-state index is 0.816. The Bertz CT molecular complexity index is 3650. The quantitative estimate of drug-likeness (QED) is 0.167. The van der Waals surface area contributed by atoms with Crippen molar-refractivity contribution in [2.24, 2.45) is 0 Å². The highest BCUT2D eigenvalue weighted by molar-refractivity contribution is 6.28. The van der Waals surface area contributed by atoms with Gasteiger partial charge in [-0.25, -0.2) is 9.97 Å². The number of benzene rings is 9. The summed E-state index contributed by atoms with van der Waals surface area (Å²) < 4.78 is 4.90. The van der Waals surface area contributed by atoms with Crippen LogP contribution >= 0.6 is 0 Å². The summed E-state index contributed by atoms with van der Waals surface area (Å²) in [4.78, 5) is 11.3. The largest absolute Gasteiger partial charge is 0.308 e. The first-order valence-electron chi connectivity index (χ1n) is 19.2. The van der Waals surface area contributed by atoms with Crippen LogP contribution in [0, 0.1) is 0 Å². The summed E-state index contributed by atoms with van der Waals surface area (Å²) in [5.74, 6) is 0.816. The van der Waals surface area contributed by atoms with Crippen LogP contribution in [0.15, 0.2) is 182 Å². The van der Waals surface area contributed by atoms with Gasteiger partial charge < -0.3 is 4.57 Å². The molecule has 0 saturated carbocycles. The van der Waals surface area contributed by atoms with E-state index in [0.29, 0.717) is 0 Å². The summed E-state index contributed by atoms with van der Waals surface area (Å²) in [5, 5.41) is 9.39. The second-order valence-corrected chi connectivity index (χ2v) is 14.9. The van der Waals surface area contributed by atoms with E-state index in [2.05, 4.69) is 191 Å². The summed E-state index contributed by atoms with van der Waals surface area (Å²) in [6.07, 6.45) is 0. The number of nitrogens with zero attached hydrogens (tertiary/aromatic N) is 4. The molecule has 1 aliphatic rings. The van der Waals surface area contributed by atoms with Gasteiger partial charge in [0.2, 0.25) is 0 Å². The lowest BCUT2D eigenvalue weighted by Gasteiger charge is -2.16. The zero-order valence-electron chi connectivity index (χ0n) is 30.1. The van der Waals surface area contributed by atoms with Crippen LogP contribution in [0.5, 0.6) is 0 Å². The zero-order valence-corrected chi connectivity index (χ0v) is 30.1. The highest BCUT2D eigenvalue weighted by atomic mass is 15.1. The average molecular weight is 711 g/mol. The Morgan fingerprint density at radius 3 is 1.82 bits per heavy atom. The molecule has 0 fully saturated rings. The third-order valence-corrected chi connectivity index (χ3v) is 12.0. The predicted octanol–water partition coefficient (Wildman–Crippen LogP) is 13.4. The first-order chi connectivity index (χ1) is 27.8. The molecule has 258 valence electrons. The second kappa shape index (κ2) is 11.0. The van der Waals surface area contributed by atoms with Gasteiger partial charge in [0.05, 0.1) is 38.8 Å². The van der Waals surface area contributed by atoms with E-state index in [1.165, 1.54) is 65.9 Å². The molecule has 0 aliphatic carbocycles. The molecular formula is C52H30N4. The fraction of sp³-hybridized carbons (Fsp3) is 0. The molecule has 0 atom stereocenters. The molecule has 0 bridgehead atoms. The van der Waals surface area contributed by atoms with E-state index in [4.69, 9.17) is 9.97 Å². The summed E-state index contributed by atoms with van der Waals surface area (Å²) >= 11 is 0. The van der Waals surface area contributed by atoms with E-state index in [-0.39, 0.29) is 0 Å². The van der Waals surface area contributed by atoms with Gasteiger partial charge in [0.15, 0.2) is 5.82 Å². The van der Waals surface area contributed by atoms with Crippen molar-refractivity contribution in [1.82, 2.24) is 19.1 Å². The van der Waals surface area contributed by atoms with Gasteiger partial charge in [-0.15, -0.1) is 0 Å². The standard InChI is InChI=1S/C52H30N4/c1-3-17-33-31(14-1)16-13-24-39(33)50-52(53-42-29-28-32-15-2-4-18-34(32)49(42)54-50)56-45-27-12-9-23-40(45)47-46(56)30-41-37-21-8-11-26-44(37)55-43-25-10-7-20-36(43)35-19-5-6-22-38(35)48(47)51(41)55/h1-30H. The maximum absolute atomic E-state index is 5.66. The molecule has 4 nitrogen and oxygen atoms in total. The normalized spacial score (nSPS) is 12.3. The smallest absolute Gasteiger partial charge is 0.165 e. The lowest BCUT2D eigenvalue weighted by molar-refractivity contribution is 1.08. The molecule has 0 N–H and O–H groups in total. The Hall–Kier alpha value is -7.56. The van der Waals surface area contributed by atoms with E-state index >= 15 is 0 Å². The van der Waals surface area contributed by atoms with E-state index in [1.807, 2.05) is 0 Å². The minimum absolute atomic E-state index is 0.816. The first kappa shape index (κ1) is 29.8. The number of para-hydroxylation sites is 3. The minimum Gasteiger partial charge on any atom is -0.308 e. The summed E-state index contributed by atoms with van der Waals surface area (Å²) in [5.41, 5.74) is 14.4. The van der Waals surface area contributed by atoms with Crippen LogP contribution in [-0.4, -0.2) is 19.1 Å². The van der Waals surface area contributed by atoms with Crippen LogP contribution in [-0.2, 0) is 0 Å². The molecule has 0 unspecified atom stereocenters. The van der Waals surface area contributed by atoms with Crippen LogP contribution in [0.1, 0.15) is 0 Å². The van der Waals surface area contributed by atoms with Gasteiger partial charge in [0.1, 0.15) is 5.69 Å². The molecule has 1 aliphatic heterocycles. The van der Waals surface area contributed by atoms with Gasteiger partial charge in [-0.2, -0.15) is 0 Å². The van der Waals surface area contributed by atoms with Crippen LogP contribution in [0.4, 0.5) is 0 Å². The lowest BCUT2D eigenvalue weighted by Crippen LogP contribution is -2.04. The van der Waals surface area contributed by atoms with E-state index < -0.39 is 0 Å². The lowest BCUT2D eigenvalue weighted by atomic mass is 9.91. The van der Waals surface area contributed by atoms with Gasteiger partial charge in [0, 0.05) is 43.6 Å². The molecule has 0 radical (unpaired) electrons. The molecule has 0 amide bonds. The monoisotopic (exact) mass is 710 g/mol. The highest BCUT2D eigenvalue weighted by Gasteiger charge is 2.30. The summed E-state index contributed by atoms with van der Waals surface area (Å²) in [7, 11) is 0. The first-order valence-corrected chi connectivity index (χ1v) is 19.2. The summed E-state index contributed by atoms with van der Waals surface area (Å²) in [6, 6.07) is 65.8. The topological polar surface area (TPSA) is 35.6 Å². The number of rotatable bonds is 2. The maximum Gasteiger partial charge on any atom is 0.165 e. The van der Waals surface area contributed by atoms with Crippen molar-refractivity contribution < 1.29 is 0 Å². The van der Waals surface area contributed by atoms with Crippen molar-refractivity contribution in [3.63, 3.8) is 0 Å². The third-order valence-electron chi connectivity index (χ3n) is 12.0. The Morgan fingerprint density at radius 2 is 0.982 bits per heavy atom. The molecule has 12 aromatic rings. The van der Waals surface area contributed by atoms with Crippen LogP contribution in [0.2, 0.25) is 0 Å². The number of hydrogen-bond donors (Lipinski definition) is 0. The Morgan fingerprint density at radius 1 is 0.375 bits per heavy atom. The van der Waals surface area contributed by atoms with Crippen molar-refractivity contribution in [3.05, 3.63) is 182 Å². The molecule has 0 spiro atoms.